The van der Waals surface area contributed by atoms with Crippen LogP contribution in [-0.2, 0) is 0 Å². The molecule has 0 aliphatic rings. The molecule has 112 valence electrons. The van der Waals surface area contributed by atoms with E-state index in [4.69, 9.17) is 4.74 Å². The second-order valence-electron chi connectivity index (χ2n) is 4.93. The fourth-order valence-electron chi connectivity index (χ4n) is 1.72. The lowest BCUT2D eigenvalue weighted by molar-refractivity contribution is 0.222. The van der Waals surface area contributed by atoms with Gasteiger partial charge in [0.2, 0.25) is 5.95 Å². The molecule has 0 aliphatic carbocycles. The summed E-state index contributed by atoms with van der Waals surface area (Å²) in [6.45, 7) is 8.11. The Bertz CT molecular complexity index is 631. The molecule has 2 aromatic rings. The Balaban J connectivity index is 2.45. The first-order valence-electron chi connectivity index (χ1n) is 6.92. The van der Waals surface area contributed by atoms with Crippen LogP contribution in [-0.4, -0.2) is 27.6 Å². The van der Waals surface area contributed by atoms with E-state index in [-0.39, 0.29) is 17.9 Å². The predicted molar refractivity (Wildman–Crippen MR) is 79.9 cm³/mol. The van der Waals surface area contributed by atoms with Crippen LogP contribution in [0.15, 0.2) is 18.2 Å². The molecule has 0 spiro atoms. The standard InChI is InChI=1S/C15H19FN4O/c1-5-17-14-18-13(19-15(20-14)21-9(2)3)11-7-6-10(4)12(16)8-11/h6-9H,5H2,1-4H3,(H,17,18,19,20). The van der Waals surface area contributed by atoms with E-state index in [1.54, 1.807) is 19.1 Å². The van der Waals surface area contributed by atoms with Crippen molar-refractivity contribution in [2.45, 2.75) is 33.8 Å². The maximum Gasteiger partial charge on any atom is 0.322 e. The van der Waals surface area contributed by atoms with Crippen molar-refractivity contribution in [3.05, 3.63) is 29.6 Å². The molecule has 0 unspecified atom stereocenters. The molecule has 0 bridgehead atoms. The molecular formula is C15H19FN4O. The van der Waals surface area contributed by atoms with Crippen LogP contribution in [0.3, 0.4) is 0 Å². The minimum atomic E-state index is -0.288. The Hall–Kier alpha value is -2.24. The third kappa shape index (κ3) is 3.87. The monoisotopic (exact) mass is 290 g/mol. The van der Waals surface area contributed by atoms with Crippen LogP contribution in [0.5, 0.6) is 6.01 Å². The van der Waals surface area contributed by atoms with Gasteiger partial charge in [0.25, 0.3) is 0 Å². The molecule has 2 rings (SSSR count). The van der Waals surface area contributed by atoms with Crippen LogP contribution in [0.1, 0.15) is 26.3 Å². The van der Waals surface area contributed by atoms with Gasteiger partial charge in [-0.25, -0.2) is 4.39 Å². The second-order valence-corrected chi connectivity index (χ2v) is 4.93. The summed E-state index contributed by atoms with van der Waals surface area (Å²) < 4.78 is 19.2. The Kier molecular flexibility index (Phi) is 4.67. The highest BCUT2D eigenvalue weighted by atomic mass is 19.1. The fraction of sp³-hybridized carbons (Fsp3) is 0.400. The van der Waals surface area contributed by atoms with Crippen molar-refractivity contribution < 1.29 is 9.13 Å². The number of halogens is 1. The summed E-state index contributed by atoms with van der Waals surface area (Å²) in [4.78, 5) is 12.7. The zero-order valence-corrected chi connectivity index (χ0v) is 12.6. The van der Waals surface area contributed by atoms with E-state index in [9.17, 15) is 4.39 Å². The van der Waals surface area contributed by atoms with Crippen molar-refractivity contribution >= 4 is 5.95 Å². The van der Waals surface area contributed by atoms with Gasteiger partial charge >= 0.3 is 6.01 Å². The maximum atomic E-state index is 13.7. The molecular weight excluding hydrogens is 271 g/mol. The Labute approximate surface area is 123 Å². The Morgan fingerprint density at radius 3 is 2.62 bits per heavy atom. The number of aromatic nitrogens is 3. The van der Waals surface area contributed by atoms with Gasteiger partial charge in [-0.1, -0.05) is 12.1 Å². The number of hydrogen-bond acceptors (Lipinski definition) is 5. The largest absolute Gasteiger partial charge is 0.461 e. The van der Waals surface area contributed by atoms with Crippen LogP contribution < -0.4 is 10.1 Å². The maximum absolute atomic E-state index is 13.7. The van der Waals surface area contributed by atoms with E-state index in [0.717, 1.165) is 0 Å². The van der Waals surface area contributed by atoms with Crippen LogP contribution in [0.2, 0.25) is 0 Å². The first-order valence-corrected chi connectivity index (χ1v) is 6.92. The first kappa shape index (κ1) is 15.2. The molecule has 0 saturated heterocycles. The van der Waals surface area contributed by atoms with Crippen molar-refractivity contribution in [2.75, 3.05) is 11.9 Å². The number of nitrogens with one attached hydrogen (secondary N) is 1. The molecule has 0 fully saturated rings. The van der Waals surface area contributed by atoms with Crippen LogP contribution in [0.4, 0.5) is 10.3 Å². The summed E-state index contributed by atoms with van der Waals surface area (Å²) >= 11 is 0. The van der Waals surface area contributed by atoms with E-state index in [1.807, 2.05) is 20.8 Å². The van der Waals surface area contributed by atoms with Crippen molar-refractivity contribution in [1.29, 1.82) is 0 Å². The minimum Gasteiger partial charge on any atom is -0.461 e. The summed E-state index contributed by atoms with van der Waals surface area (Å²) in [6.07, 6.45) is -0.0514. The van der Waals surface area contributed by atoms with Crippen molar-refractivity contribution in [3.8, 4) is 17.4 Å². The van der Waals surface area contributed by atoms with E-state index < -0.39 is 0 Å². The predicted octanol–water partition coefficient (Wildman–Crippen LogP) is 3.21. The lowest BCUT2D eigenvalue weighted by atomic mass is 10.1. The smallest absolute Gasteiger partial charge is 0.322 e. The van der Waals surface area contributed by atoms with Gasteiger partial charge < -0.3 is 10.1 Å². The van der Waals surface area contributed by atoms with Crippen molar-refractivity contribution in [1.82, 2.24) is 15.0 Å². The van der Waals surface area contributed by atoms with Gasteiger partial charge in [-0.05, 0) is 39.3 Å². The number of rotatable bonds is 5. The van der Waals surface area contributed by atoms with Gasteiger partial charge in [-0.2, -0.15) is 15.0 Å². The Morgan fingerprint density at radius 1 is 1.24 bits per heavy atom. The lowest BCUT2D eigenvalue weighted by Crippen LogP contribution is -2.12. The van der Waals surface area contributed by atoms with Gasteiger partial charge in [0.1, 0.15) is 5.82 Å². The van der Waals surface area contributed by atoms with E-state index in [2.05, 4.69) is 20.3 Å². The van der Waals surface area contributed by atoms with Crippen LogP contribution in [0.25, 0.3) is 11.4 Å². The molecule has 0 saturated carbocycles. The number of anilines is 1. The molecule has 0 aliphatic heterocycles. The summed E-state index contributed by atoms with van der Waals surface area (Å²) in [5, 5.41) is 3.02. The number of nitrogens with zero attached hydrogens (tertiary/aromatic N) is 3. The summed E-state index contributed by atoms with van der Waals surface area (Å²) in [5.74, 6) is 0.513. The molecule has 6 heteroatoms. The minimum absolute atomic E-state index is 0.0514. The molecule has 0 amide bonds. The molecule has 1 N–H and O–H groups in total. The molecule has 5 nitrogen and oxygen atoms in total. The molecule has 0 radical (unpaired) electrons. The van der Waals surface area contributed by atoms with E-state index in [1.165, 1.54) is 6.07 Å². The van der Waals surface area contributed by atoms with Gasteiger partial charge in [-0.3, -0.25) is 0 Å². The highest BCUT2D eigenvalue weighted by Crippen LogP contribution is 2.21. The van der Waals surface area contributed by atoms with Gasteiger partial charge in [0.05, 0.1) is 6.10 Å². The van der Waals surface area contributed by atoms with Gasteiger partial charge in [-0.15, -0.1) is 0 Å². The van der Waals surface area contributed by atoms with E-state index >= 15 is 0 Å². The van der Waals surface area contributed by atoms with Crippen LogP contribution >= 0.6 is 0 Å². The molecule has 21 heavy (non-hydrogen) atoms. The quantitative estimate of drug-likeness (QED) is 0.916. The number of benzene rings is 1. The van der Waals surface area contributed by atoms with Crippen molar-refractivity contribution in [3.63, 3.8) is 0 Å². The van der Waals surface area contributed by atoms with Gasteiger partial charge in [0.15, 0.2) is 5.82 Å². The van der Waals surface area contributed by atoms with E-state index in [0.29, 0.717) is 29.4 Å². The average molecular weight is 290 g/mol. The molecule has 1 aromatic carbocycles. The first-order chi connectivity index (χ1) is 9.99. The zero-order chi connectivity index (χ0) is 15.4. The second kappa shape index (κ2) is 6.47. The summed E-state index contributed by atoms with van der Waals surface area (Å²) in [5.41, 5.74) is 1.17. The topological polar surface area (TPSA) is 59.9 Å². The normalized spacial score (nSPS) is 10.8. The number of ether oxygens (including phenoxy) is 1. The van der Waals surface area contributed by atoms with Gasteiger partial charge in [0, 0.05) is 12.1 Å². The van der Waals surface area contributed by atoms with Crippen molar-refractivity contribution in [2.24, 2.45) is 0 Å². The molecule has 1 heterocycles. The summed E-state index contributed by atoms with van der Waals surface area (Å²) in [6, 6.07) is 5.12. The molecule has 0 atom stereocenters. The third-order valence-electron chi connectivity index (χ3n) is 2.72. The SMILES string of the molecule is CCNc1nc(OC(C)C)nc(-c2ccc(C)c(F)c2)n1. The average Bonchev–Trinajstić information content (AvgIpc) is 2.41. The Morgan fingerprint density at radius 2 is 2.00 bits per heavy atom. The third-order valence-corrected chi connectivity index (χ3v) is 2.72. The number of hydrogen-bond donors (Lipinski definition) is 1. The van der Waals surface area contributed by atoms with Crippen LogP contribution in [0, 0.1) is 12.7 Å². The fourth-order valence-corrected chi connectivity index (χ4v) is 1.72. The summed E-state index contributed by atoms with van der Waals surface area (Å²) in [7, 11) is 0. The zero-order valence-electron chi connectivity index (χ0n) is 12.6. The number of aryl methyl sites for hydroxylation is 1. The molecule has 1 aromatic heterocycles. The lowest BCUT2D eigenvalue weighted by Gasteiger charge is -2.11. The highest BCUT2D eigenvalue weighted by molar-refractivity contribution is 5.57. The highest BCUT2D eigenvalue weighted by Gasteiger charge is 2.11.